The normalized spacial score (nSPS) is 15.2. The molecule has 2 amide bonds. The van der Waals surface area contributed by atoms with Crippen molar-refractivity contribution in [1.29, 1.82) is 0 Å². The summed E-state index contributed by atoms with van der Waals surface area (Å²) >= 11 is 0. The van der Waals surface area contributed by atoms with Gasteiger partial charge in [-0.1, -0.05) is 37.5 Å². The van der Waals surface area contributed by atoms with Crippen LogP contribution in [0.1, 0.15) is 49.3 Å². The van der Waals surface area contributed by atoms with Crippen molar-refractivity contribution in [3.05, 3.63) is 59.7 Å². The van der Waals surface area contributed by atoms with Gasteiger partial charge in [-0.2, -0.15) is 13.2 Å². The quantitative estimate of drug-likeness (QED) is 0.629. The van der Waals surface area contributed by atoms with Gasteiger partial charge >= 0.3 is 12.1 Å². The van der Waals surface area contributed by atoms with Crippen LogP contribution < -0.4 is 15.0 Å². The molecule has 0 aliphatic heterocycles. The van der Waals surface area contributed by atoms with E-state index in [4.69, 9.17) is 11.2 Å². The van der Waals surface area contributed by atoms with E-state index in [1.54, 1.807) is 24.3 Å². The zero-order chi connectivity index (χ0) is 24.0. The van der Waals surface area contributed by atoms with Crippen molar-refractivity contribution in [2.24, 2.45) is 0 Å². The molecule has 8 heteroatoms. The second-order valence-corrected chi connectivity index (χ2v) is 7.89. The molecular formula is C25H25F3N2O3. The van der Waals surface area contributed by atoms with Gasteiger partial charge in [0.15, 0.2) is 0 Å². The molecule has 1 N–H and O–H groups in total. The van der Waals surface area contributed by atoms with Gasteiger partial charge < -0.3 is 10.1 Å². The van der Waals surface area contributed by atoms with Gasteiger partial charge in [0, 0.05) is 11.7 Å². The first kappa shape index (κ1) is 24.2. The van der Waals surface area contributed by atoms with Crippen LogP contribution in [0.25, 0.3) is 0 Å². The van der Waals surface area contributed by atoms with Crippen LogP contribution in [-0.4, -0.2) is 25.0 Å². The Hall–Kier alpha value is -3.47. The van der Waals surface area contributed by atoms with E-state index in [1.807, 2.05) is 5.92 Å². The molecular weight excluding hydrogens is 433 g/mol. The summed E-state index contributed by atoms with van der Waals surface area (Å²) in [4.78, 5) is 27.3. The number of methoxy groups -OCH3 is 1. The second kappa shape index (κ2) is 10.4. The molecule has 0 aromatic heterocycles. The van der Waals surface area contributed by atoms with Crippen LogP contribution in [0, 0.1) is 12.3 Å². The summed E-state index contributed by atoms with van der Waals surface area (Å²) in [6.45, 7) is 0. The number of anilines is 1. The maximum Gasteiger partial charge on any atom is 0.416 e. The van der Waals surface area contributed by atoms with E-state index in [0.29, 0.717) is 11.3 Å². The Kier molecular flexibility index (Phi) is 7.64. The summed E-state index contributed by atoms with van der Waals surface area (Å²) in [6, 6.07) is 9.32. The SMILES string of the molecule is C#CC(=O)N(c1cccc(C(F)(F)F)c1)C(C(=O)NC1CCCCC1)c1cccc(OC)c1. The molecule has 1 atom stereocenters. The van der Waals surface area contributed by atoms with Crippen LogP contribution in [0.15, 0.2) is 48.5 Å². The largest absolute Gasteiger partial charge is 0.497 e. The molecule has 1 saturated carbocycles. The van der Waals surface area contributed by atoms with E-state index in [2.05, 4.69) is 5.32 Å². The summed E-state index contributed by atoms with van der Waals surface area (Å²) in [5, 5.41) is 2.96. The van der Waals surface area contributed by atoms with Gasteiger partial charge in [0.1, 0.15) is 11.8 Å². The number of carbonyl (C=O) groups excluding carboxylic acids is 2. The number of nitrogens with one attached hydrogen (secondary N) is 1. The summed E-state index contributed by atoms with van der Waals surface area (Å²) in [5.41, 5.74) is -0.713. The number of alkyl halides is 3. The van der Waals surface area contributed by atoms with Crippen LogP contribution in [0.3, 0.4) is 0 Å². The van der Waals surface area contributed by atoms with E-state index in [1.165, 1.54) is 19.2 Å². The molecule has 1 unspecified atom stereocenters. The predicted molar refractivity (Wildman–Crippen MR) is 119 cm³/mol. The highest BCUT2D eigenvalue weighted by atomic mass is 19.4. The number of nitrogens with zero attached hydrogens (tertiary/aromatic N) is 1. The van der Waals surface area contributed by atoms with Crippen LogP contribution in [0.4, 0.5) is 18.9 Å². The summed E-state index contributed by atoms with van der Waals surface area (Å²) < 4.78 is 45.3. The minimum Gasteiger partial charge on any atom is -0.497 e. The molecule has 0 spiro atoms. The maximum absolute atomic E-state index is 13.5. The Labute approximate surface area is 190 Å². The molecule has 2 aromatic carbocycles. The van der Waals surface area contributed by atoms with Crippen molar-refractivity contribution in [1.82, 2.24) is 5.32 Å². The number of hydrogen-bond donors (Lipinski definition) is 1. The fourth-order valence-corrected chi connectivity index (χ4v) is 4.04. The summed E-state index contributed by atoms with van der Waals surface area (Å²) in [7, 11) is 1.45. The molecule has 5 nitrogen and oxygen atoms in total. The molecule has 0 radical (unpaired) electrons. The minimum absolute atomic E-state index is 0.0799. The minimum atomic E-state index is -4.63. The third kappa shape index (κ3) is 5.86. The van der Waals surface area contributed by atoms with Gasteiger partial charge in [-0.15, -0.1) is 6.42 Å². The van der Waals surface area contributed by atoms with E-state index in [9.17, 15) is 22.8 Å². The van der Waals surface area contributed by atoms with Gasteiger partial charge in [-0.3, -0.25) is 14.5 Å². The highest BCUT2D eigenvalue weighted by Gasteiger charge is 2.36. The van der Waals surface area contributed by atoms with Gasteiger partial charge in [0.25, 0.3) is 0 Å². The third-order valence-electron chi connectivity index (χ3n) is 5.66. The van der Waals surface area contributed by atoms with Crippen molar-refractivity contribution in [2.75, 3.05) is 12.0 Å². The summed E-state index contributed by atoms with van der Waals surface area (Å²) in [6.07, 6.45) is 5.35. The van der Waals surface area contributed by atoms with Gasteiger partial charge in [-0.25, -0.2) is 0 Å². The smallest absolute Gasteiger partial charge is 0.416 e. The van der Waals surface area contributed by atoms with Crippen LogP contribution in [0.2, 0.25) is 0 Å². The van der Waals surface area contributed by atoms with Crippen molar-refractivity contribution < 1.29 is 27.5 Å². The topological polar surface area (TPSA) is 58.6 Å². The lowest BCUT2D eigenvalue weighted by Gasteiger charge is -2.32. The highest BCUT2D eigenvalue weighted by molar-refractivity contribution is 6.09. The number of amides is 2. The predicted octanol–water partition coefficient (Wildman–Crippen LogP) is 4.87. The number of hydrogen-bond acceptors (Lipinski definition) is 3. The Morgan fingerprint density at radius 3 is 2.45 bits per heavy atom. The number of carbonyl (C=O) groups is 2. The molecule has 0 heterocycles. The van der Waals surface area contributed by atoms with Crippen LogP contribution in [-0.2, 0) is 15.8 Å². The van der Waals surface area contributed by atoms with E-state index in [0.717, 1.165) is 49.1 Å². The zero-order valence-electron chi connectivity index (χ0n) is 18.2. The van der Waals surface area contributed by atoms with Crippen LogP contribution in [0.5, 0.6) is 5.75 Å². The van der Waals surface area contributed by atoms with E-state index < -0.39 is 29.6 Å². The number of halogens is 3. The van der Waals surface area contributed by atoms with E-state index >= 15 is 0 Å². The molecule has 0 bridgehead atoms. The van der Waals surface area contributed by atoms with Crippen molar-refractivity contribution in [3.8, 4) is 18.1 Å². The Morgan fingerprint density at radius 2 is 1.82 bits per heavy atom. The standard InChI is InChI=1S/C25H25F3N2O3/c1-3-22(31)30(20-13-8-10-18(16-20)25(26,27)28)23(17-9-7-14-21(15-17)33-2)24(32)29-19-11-5-4-6-12-19/h1,7-10,13-16,19,23H,4-6,11-12H2,2H3,(H,29,32). The van der Waals surface area contributed by atoms with Crippen molar-refractivity contribution >= 4 is 17.5 Å². The zero-order valence-corrected chi connectivity index (χ0v) is 18.2. The van der Waals surface area contributed by atoms with Gasteiger partial charge in [0.05, 0.1) is 12.7 Å². The highest BCUT2D eigenvalue weighted by Crippen LogP contribution is 2.35. The monoisotopic (exact) mass is 458 g/mol. The lowest BCUT2D eigenvalue weighted by atomic mass is 9.94. The first-order valence-corrected chi connectivity index (χ1v) is 10.7. The molecule has 1 aliphatic carbocycles. The molecule has 1 fully saturated rings. The van der Waals surface area contributed by atoms with Gasteiger partial charge in [-0.05, 0) is 54.7 Å². The first-order chi connectivity index (χ1) is 15.7. The maximum atomic E-state index is 13.5. The Morgan fingerprint density at radius 1 is 1.12 bits per heavy atom. The first-order valence-electron chi connectivity index (χ1n) is 10.7. The molecule has 174 valence electrons. The van der Waals surface area contributed by atoms with E-state index in [-0.39, 0.29) is 11.7 Å². The number of ether oxygens (including phenoxy) is 1. The fourth-order valence-electron chi connectivity index (χ4n) is 4.04. The molecule has 1 aliphatic rings. The second-order valence-electron chi connectivity index (χ2n) is 7.89. The Bertz CT molecular complexity index is 1040. The number of rotatable bonds is 6. The fraction of sp³-hybridized carbons (Fsp3) is 0.360. The summed E-state index contributed by atoms with van der Waals surface area (Å²) in [5.74, 6) is 0.937. The van der Waals surface area contributed by atoms with Crippen molar-refractivity contribution in [3.63, 3.8) is 0 Å². The molecule has 2 aromatic rings. The number of benzene rings is 2. The van der Waals surface area contributed by atoms with Crippen LogP contribution >= 0.6 is 0 Å². The Balaban J connectivity index is 2.10. The van der Waals surface area contributed by atoms with Crippen molar-refractivity contribution in [2.45, 2.75) is 50.4 Å². The molecule has 3 rings (SSSR count). The molecule has 0 saturated heterocycles. The number of terminal acetylenes is 1. The average Bonchev–Trinajstić information content (AvgIpc) is 2.82. The third-order valence-corrected chi connectivity index (χ3v) is 5.66. The van der Waals surface area contributed by atoms with Gasteiger partial charge in [0.2, 0.25) is 5.91 Å². The average molecular weight is 458 g/mol. The molecule has 33 heavy (non-hydrogen) atoms. The lowest BCUT2D eigenvalue weighted by molar-refractivity contribution is -0.137. The lowest BCUT2D eigenvalue weighted by Crippen LogP contribution is -2.47.